The molecule has 0 radical (unpaired) electrons. The number of halogens is 1. The van der Waals surface area contributed by atoms with E-state index in [-0.39, 0.29) is 5.82 Å². The number of furan rings is 1. The molecule has 0 atom stereocenters. The first kappa shape index (κ1) is 21.0. The van der Waals surface area contributed by atoms with E-state index in [0.29, 0.717) is 5.71 Å². The van der Waals surface area contributed by atoms with Gasteiger partial charge < -0.3 is 4.42 Å². The zero-order valence-electron chi connectivity index (χ0n) is 19.3. The number of aromatic nitrogens is 2. The van der Waals surface area contributed by atoms with Crippen molar-refractivity contribution in [2.75, 3.05) is 0 Å². The van der Waals surface area contributed by atoms with Crippen LogP contribution in [0.25, 0.3) is 65.1 Å². The van der Waals surface area contributed by atoms with Gasteiger partial charge in [0, 0.05) is 32.5 Å². The fourth-order valence-corrected chi connectivity index (χ4v) is 5.95. The monoisotopic (exact) mass is 486 g/mol. The number of thiophene rings is 1. The molecule has 3 aromatic carbocycles. The Kier molecular flexibility index (Phi) is 4.72. The van der Waals surface area contributed by atoms with Gasteiger partial charge in [-0.3, -0.25) is 0 Å². The second-order valence-corrected chi connectivity index (χ2v) is 9.86. The van der Waals surface area contributed by atoms with Gasteiger partial charge in [0.15, 0.2) is 0 Å². The zero-order valence-corrected chi connectivity index (χ0v) is 20.1. The molecular weight excluding hydrogens is 467 g/mol. The molecule has 7 rings (SSSR count). The van der Waals surface area contributed by atoms with Crippen LogP contribution in [0.4, 0.5) is 4.39 Å². The van der Waals surface area contributed by atoms with Crippen LogP contribution in [-0.2, 0) is 0 Å². The number of hydrogen-bond donors (Lipinski definition) is 0. The minimum absolute atomic E-state index is 0.245. The van der Waals surface area contributed by atoms with E-state index in [0.717, 1.165) is 65.1 Å². The quantitative estimate of drug-likeness (QED) is 0.250. The molecule has 0 bridgehead atoms. The van der Waals surface area contributed by atoms with Gasteiger partial charge in [0.1, 0.15) is 11.4 Å². The second kappa shape index (κ2) is 8.11. The summed E-state index contributed by atoms with van der Waals surface area (Å²) in [5.74, 6) is -0.245. The van der Waals surface area contributed by atoms with Crippen molar-refractivity contribution in [3.63, 3.8) is 0 Å². The molecule has 0 saturated carbocycles. The summed E-state index contributed by atoms with van der Waals surface area (Å²) >= 11 is 1.67. The topological polar surface area (TPSA) is 38.9 Å². The Labute approximate surface area is 210 Å². The lowest BCUT2D eigenvalue weighted by atomic mass is 10.0. The molecule has 4 aromatic heterocycles. The molecule has 0 N–H and O–H groups in total. The maximum absolute atomic E-state index is 13.7. The van der Waals surface area contributed by atoms with Crippen molar-refractivity contribution in [3.05, 3.63) is 109 Å². The summed E-state index contributed by atoms with van der Waals surface area (Å²) in [6.07, 6.45) is 0. The highest BCUT2D eigenvalue weighted by molar-refractivity contribution is 7.23. The lowest BCUT2D eigenvalue weighted by Gasteiger charge is -2.07. The molecule has 0 amide bonds. The molecule has 0 saturated heterocycles. The Morgan fingerprint density at radius 1 is 0.722 bits per heavy atom. The van der Waals surface area contributed by atoms with E-state index >= 15 is 0 Å². The third kappa shape index (κ3) is 3.32. The summed E-state index contributed by atoms with van der Waals surface area (Å²) in [4.78, 5) is 10.8. The molecule has 4 heterocycles. The van der Waals surface area contributed by atoms with Gasteiger partial charge in [-0.15, -0.1) is 11.3 Å². The molecule has 0 unspecified atom stereocenters. The van der Waals surface area contributed by atoms with Gasteiger partial charge in [-0.2, -0.15) is 0 Å². The minimum atomic E-state index is -0.245. The molecule has 36 heavy (non-hydrogen) atoms. The predicted octanol–water partition coefficient (Wildman–Crippen LogP) is 9.04. The lowest BCUT2D eigenvalue weighted by Crippen LogP contribution is -1.87. The first-order valence-electron chi connectivity index (χ1n) is 11.7. The summed E-state index contributed by atoms with van der Waals surface area (Å²) in [5.41, 5.74) is 8.13. The van der Waals surface area contributed by atoms with Crippen LogP contribution >= 0.6 is 11.3 Å². The van der Waals surface area contributed by atoms with E-state index in [9.17, 15) is 4.39 Å². The van der Waals surface area contributed by atoms with Gasteiger partial charge in [-0.1, -0.05) is 54.6 Å². The fraction of sp³-hybridized carbons (Fsp3) is 0.0323. The van der Waals surface area contributed by atoms with Crippen molar-refractivity contribution in [1.29, 1.82) is 0 Å². The highest BCUT2D eigenvalue weighted by atomic mass is 32.1. The molecule has 0 spiro atoms. The molecule has 0 aliphatic heterocycles. The second-order valence-electron chi connectivity index (χ2n) is 8.81. The summed E-state index contributed by atoms with van der Waals surface area (Å²) in [5, 5.41) is 2.02. The van der Waals surface area contributed by atoms with Gasteiger partial charge in [-0.05, 0) is 60.5 Å². The van der Waals surface area contributed by atoms with Crippen LogP contribution < -0.4 is 0 Å². The molecule has 3 nitrogen and oxygen atoms in total. The van der Waals surface area contributed by atoms with E-state index in [1.165, 1.54) is 12.1 Å². The van der Waals surface area contributed by atoms with Gasteiger partial charge in [-0.25, -0.2) is 14.4 Å². The van der Waals surface area contributed by atoms with Crippen LogP contribution in [0.3, 0.4) is 0 Å². The van der Waals surface area contributed by atoms with E-state index in [2.05, 4.69) is 35.3 Å². The SMILES string of the molecule is Cc1ccc2c(n1)oc1c(-c3ccc4sc(-c5ccc(F)cc5)c(-c5ccccc5)c4n3)cccc12. The maximum Gasteiger partial charge on any atom is 0.227 e. The average Bonchev–Trinajstić information content (AvgIpc) is 3.47. The minimum Gasteiger partial charge on any atom is -0.437 e. The fourth-order valence-electron chi connectivity index (χ4n) is 4.78. The molecule has 7 aromatic rings. The Morgan fingerprint density at radius 2 is 1.56 bits per heavy atom. The number of hydrogen-bond acceptors (Lipinski definition) is 4. The van der Waals surface area contributed by atoms with Crippen molar-refractivity contribution in [2.45, 2.75) is 6.92 Å². The number of nitrogens with zero attached hydrogens (tertiary/aromatic N) is 2. The smallest absolute Gasteiger partial charge is 0.227 e. The van der Waals surface area contributed by atoms with E-state index < -0.39 is 0 Å². The van der Waals surface area contributed by atoms with Crippen molar-refractivity contribution >= 4 is 43.6 Å². The number of rotatable bonds is 3. The molecule has 5 heteroatoms. The van der Waals surface area contributed by atoms with Crippen LogP contribution in [0, 0.1) is 12.7 Å². The standard InChI is InChI=1S/C31H19FN2OS/c1-18-10-15-23-22-8-5-9-24(29(22)35-31(23)33-18)25-16-17-26-28(34-25)27(19-6-3-2-4-7-19)30(36-26)20-11-13-21(32)14-12-20/h2-17H,1H3. The highest BCUT2D eigenvalue weighted by Crippen LogP contribution is 2.45. The van der Waals surface area contributed by atoms with Gasteiger partial charge >= 0.3 is 0 Å². The molecule has 172 valence electrons. The summed E-state index contributed by atoms with van der Waals surface area (Å²) in [6.45, 7) is 1.96. The van der Waals surface area contributed by atoms with E-state index in [1.807, 2.05) is 61.5 Å². The number of aryl methyl sites for hydroxylation is 1. The summed E-state index contributed by atoms with van der Waals surface area (Å²) < 4.78 is 21.0. The van der Waals surface area contributed by atoms with Crippen molar-refractivity contribution in [3.8, 4) is 32.8 Å². The number of pyridine rings is 2. The first-order chi connectivity index (χ1) is 17.7. The van der Waals surface area contributed by atoms with Gasteiger partial charge in [0.25, 0.3) is 0 Å². The summed E-state index contributed by atoms with van der Waals surface area (Å²) in [7, 11) is 0. The Balaban J connectivity index is 1.49. The summed E-state index contributed by atoms with van der Waals surface area (Å²) in [6, 6.07) is 31.3. The lowest BCUT2D eigenvalue weighted by molar-refractivity contribution is 0.628. The van der Waals surface area contributed by atoms with E-state index in [1.54, 1.807) is 11.3 Å². The number of para-hydroxylation sites is 1. The third-order valence-electron chi connectivity index (χ3n) is 6.48. The van der Waals surface area contributed by atoms with Crippen molar-refractivity contribution in [2.24, 2.45) is 0 Å². The Morgan fingerprint density at radius 3 is 2.39 bits per heavy atom. The third-order valence-corrected chi connectivity index (χ3v) is 7.68. The van der Waals surface area contributed by atoms with Crippen LogP contribution in [0.1, 0.15) is 5.69 Å². The maximum atomic E-state index is 13.7. The number of benzene rings is 3. The largest absolute Gasteiger partial charge is 0.437 e. The van der Waals surface area contributed by atoms with Crippen LogP contribution in [0.5, 0.6) is 0 Å². The Bertz CT molecular complexity index is 1900. The normalized spacial score (nSPS) is 11.6. The van der Waals surface area contributed by atoms with Gasteiger partial charge in [0.05, 0.1) is 15.9 Å². The predicted molar refractivity (Wildman–Crippen MR) is 146 cm³/mol. The van der Waals surface area contributed by atoms with E-state index in [4.69, 9.17) is 9.40 Å². The molecule has 0 fully saturated rings. The Hall–Kier alpha value is -4.35. The van der Waals surface area contributed by atoms with Crippen molar-refractivity contribution in [1.82, 2.24) is 9.97 Å². The zero-order chi connectivity index (χ0) is 24.2. The number of fused-ring (bicyclic) bond motifs is 4. The molecular formula is C31H19FN2OS. The van der Waals surface area contributed by atoms with Crippen LogP contribution in [-0.4, -0.2) is 9.97 Å². The van der Waals surface area contributed by atoms with Crippen LogP contribution in [0.15, 0.2) is 101 Å². The average molecular weight is 487 g/mol. The van der Waals surface area contributed by atoms with Gasteiger partial charge in [0.2, 0.25) is 5.71 Å². The van der Waals surface area contributed by atoms with Crippen molar-refractivity contribution < 1.29 is 8.81 Å². The molecule has 0 aliphatic carbocycles. The molecule has 0 aliphatic rings. The first-order valence-corrected chi connectivity index (χ1v) is 12.5. The van der Waals surface area contributed by atoms with Crippen LogP contribution in [0.2, 0.25) is 0 Å². The highest BCUT2D eigenvalue weighted by Gasteiger charge is 2.19.